The molecule has 1 aliphatic heterocycles. The van der Waals surface area contributed by atoms with Gasteiger partial charge in [-0.05, 0) is 36.4 Å². The number of nitrogens with zero attached hydrogens (tertiary/aromatic N) is 3. The highest BCUT2D eigenvalue weighted by Crippen LogP contribution is 2.22. The molecule has 26 heavy (non-hydrogen) atoms. The second-order valence-electron chi connectivity index (χ2n) is 5.88. The molecule has 0 N–H and O–H groups in total. The first-order chi connectivity index (χ1) is 12.5. The Bertz CT molecular complexity index is 775. The minimum Gasteiger partial charge on any atom is -0.368 e. The van der Waals surface area contributed by atoms with Crippen molar-refractivity contribution in [3.63, 3.8) is 0 Å². The number of piperazine rings is 1. The molecule has 1 amide bonds. The Morgan fingerprint density at radius 1 is 1.04 bits per heavy atom. The fraction of sp³-hybridized carbons (Fsp3) is 0.278. The highest BCUT2D eigenvalue weighted by Gasteiger charge is 2.21. The van der Waals surface area contributed by atoms with Crippen molar-refractivity contribution in [3.05, 3.63) is 64.5 Å². The summed E-state index contributed by atoms with van der Waals surface area (Å²) < 4.78 is 13.0. The minimum atomic E-state index is -0.444. The van der Waals surface area contributed by atoms with Gasteiger partial charge in [-0.15, -0.1) is 11.8 Å². The van der Waals surface area contributed by atoms with E-state index in [0.29, 0.717) is 31.9 Å². The Morgan fingerprint density at radius 2 is 1.65 bits per heavy atom. The number of nitro benzene ring substituents is 1. The third-order valence-electron chi connectivity index (χ3n) is 4.23. The lowest BCUT2D eigenvalue weighted by Crippen LogP contribution is -2.49. The summed E-state index contributed by atoms with van der Waals surface area (Å²) in [6, 6.07) is 12.6. The molecule has 0 saturated carbocycles. The Kier molecular flexibility index (Phi) is 5.72. The number of halogens is 1. The van der Waals surface area contributed by atoms with Crippen molar-refractivity contribution < 1.29 is 14.1 Å². The van der Waals surface area contributed by atoms with Gasteiger partial charge in [0.05, 0.1) is 10.7 Å². The average molecular weight is 375 g/mol. The monoisotopic (exact) mass is 375 g/mol. The number of nitro groups is 1. The molecule has 136 valence electrons. The molecule has 6 nitrogen and oxygen atoms in total. The van der Waals surface area contributed by atoms with Crippen LogP contribution in [0.25, 0.3) is 0 Å². The SMILES string of the molecule is O=C(CSc1ccc([N+](=O)[O-])cc1)N1CCN(c2ccc(F)cc2)CC1. The molecule has 0 unspecified atom stereocenters. The van der Waals surface area contributed by atoms with E-state index in [0.717, 1.165) is 10.6 Å². The maximum atomic E-state index is 13.0. The summed E-state index contributed by atoms with van der Waals surface area (Å²) in [6.45, 7) is 2.66. The average Bonchev–Trinajstić information content (AvgIpc) is 2.67. The lowest BCUT2D eigenvalue weighted by Gasteiger charge is -2.36. The molecule has 0 bridgehead atoms. The molecule has 1 saturated heterocycles. The van der Waals surface area contributed by atoms with E-state index >= 15 is 0 Å². The molecule has 1 aliphatic rings. The summed E-state index contributed by atoms with van der Waals surface area (Å²) in [5.74, 6) is 0.0897. The topological polar surface area (TPSA) is 66.7 Å². The number of rotatable bonds is 5. The largest absolute Gasteiger partial charge is 0.368 e. The summed E-state index contributed by atoms with van der Waals surface area (Å²) in [7, 11) is 0. The van der Waals surface area contributed by atoms with Crippen molar-refractivity contribution in [2.75, 3.05) is 36.8 Å². The van der Waals surface area contributed by atoms with Crippen LogP contribution < -0.4 is 4.90 Å². The highest BCUT2D eigenvalue weighted by atomic mass is 32.2. The van der Waals surface area contributed by atoms with Crippen LogP contribution >= 0.6 is 11.8 Å². The first-order valence-corrected chi connectivity index (χ1v) is 9.17. The number of anilines is 1. The second kappa shape index (κ2) is 8.18. The number of carbonyl (C=O) groups excluding carboxylic acids is 1. The van der Waals surface area contributed by atoms with Gasteiger partial charge < -0.3 is 9.80 Å². The van der Waals surface area contributed by atoms with Crippen molar-refractivity contribution >= 4 is 29.0 Å². The lowest BCUT2D eigenvalue weighted by molar-refractivity contribution is -0.384. The quantitative estimate of drug-likeness (QED) is 0.456. The molecular formula is C18H18FN3O3S. The predicted molar refractivity (Wildman–Crippen MR) is 99.0 cm³/mol. The highest BCUT2D eigenvalue weighted by molar-refractivity contribution is 8.00. The van der Waals surface area contributed by atoms with Crippen LogP contribution in [0.1, 0.15) is 0 Å². The van der Waals surface area contributed by atoms with E-state index in [4.69, 9.17) is 0 Å². The molecule has 0 spiro atoms. The van der Waals surface area contributed by atoms with E-state index < -0.39 is 4.92 Å². The van der Waals surface area contributed by atoms with Crippen LogP contribution in [0, 0.1) is 15.9 Å². The van der Waals surface area contributed by atoms with Crippen LogP contribution in [0.2, 0.25) is 0 Å². The molecular weight excluding hydrogens is 357 g/mol. The van der Waals surface area contributed by atoms with E-state index in [2.05, 4.69) is 4.90 Å². The van der Waals surface area contributed by atoms with Crippen LogP contribution in [-0.4, -0.2) is 47.7 Å². The maximum absolute atomic E-state index is 13.0. The zero-order valence-electron chi connectivity index (χ0n) is 14.0. The van der Waals surface area contributed by atoms with Gasteiger partial charge in [0.15, 0.2) is 0 Å². The Morgan fingerprint density at radius 3 is 2.23 bits per heavy atom. The summed E-state index contributed by atoms with van der Waals surface area (Å²) in [4.78, 5) is 27.3. The summed E-state index contributed by atoms with van der Waals surface area (Å²) >= 11 is 1.37. The molecule has 1 fully saturated rings. The van der Waals surface area contributed by atoms with Gasteiger partial charge in [-0.1, -0.05) is 0 Å². The van der Waals surface area contributed by atoms with E-state index in [9.17, 15) is 19.3 Å². The molecule has 0 radical (unpaired) electrons. The van der Waals surface area contributed by atoms with Gasteiger partial charge in [0.25, 0.3) is 5.69 Å². The molecule has 0 aliphatic carbocycles. The van der Waals surface area contributed by atoms with Gasteiger partial charge in [-0.3, -0.25) is 14.9 Å². The Hall–Kier alpha value is -2.61. The molecule has 0 atom stereocenters. The minimum absolute atomic E-state index is 0.0394. The number of amides is 1. The van der Waals surface area contributed by atoms with Crippen molar-refractivity contribution in [1.29, 1.82) is 0 Å². The van der Waals surface area contributed by atoms with Gasteiger partial charge >= 0.3 is 0 Å². The van der Waals surface area contributed by atoms with E-state index in [1.54, 1.807) is 24.3 Å². The van der Waals surface area contributed by atoms with E-state index in [1.165, 1.54) is 36.0 Å². The maximum Gasteiger partial charge on any atom is 0.269 e. The lowest BCUT2D eigenvalue weighted by atomic mass is 10.2. The third kappa shape index (κ3) is 4.51. The zero-order chi connectivity index (χ0) is 18.5. The molecule has 1 heterocycles. The van der Waals surface area contributed by atoms with Gasteiger partial charge in [0.2, 0.25) is 5.91 Å². The third-order valence-corrected chi connectivity index (χ3v) is 5.23. The first kappa shape index (κ1) is 18.2. The normalized spacial score (nSPS) is 14.3. The summed E-state index contributed by atoms with van der Waals surface area (Å²) in [5, 5.41) is 10.6. The standard InChI is InChI=1S/C18H18FN3O3S/c19-14-1-3-15(4-2-14)20-9-11-21(12-10-20)18(23)13-26-17-7-5-16(6-8-17)22(24)25/h1-8H,9-13H2. The van der Waals surface area contributed by atoms with Gasteiger partial charge in [-0.25, -0.2) is 4.39 Å². The number of thioether (sulfide) groups is 1. The van der Waals surface area contributed by atoms with Gasteiger partial charge in [-0.2, -0.15) is 0 Å². The van der Waals surface area contributed by atoms with Crippen LogP contribution in [0.5, 0.6) is 0 Å². The molecule has 2 aromatic carbocycles. The Labute approximate surface area is 154 Å². The van der Waals surface area contributed by atoms with Crippen LogP contribution in [0.3, 0.4) is 0 Å². The summed E-state index contributed by atoms with van der Waals surface area (Å²) in [6.07, 6.45) is 0. The van der Waals surface area contributed by atoms with Crippen LogP contribution in [0.15, 0.2) is 53.4 Å². The number of benzene rings is 2. The number of hydrogen-bond acceptors (Lipinski definition) is 5. The predicted octanol–water partition coefficient (Wildman–Crippen LogP) is 3.17. The Balaban J connectivity index is 1.47. The number of hydrogen-bond donors (Lipinski definition) is 0. The van der Waals surface area contributed by atoms with Crippen LogP contribution in [-0.2, 0) is 4.79 Å². The first-order valence-electron chi connectivity index (χ1n) is 8.18. The fourth-order valence-electron chi connectivity index (χ4n) is 2.77. The van der Waals surface area contributed by atoms with Crippen molar-refractivity contribution in [2.45, 2.75) is 4.90 Å². The van der Waals surface area contributed by atoms with E-state index in [-0.39, 0.29) is 17.4 Å². The zero-order valence-corrected chi connectivity index (χ0v) is 14.8. The second-order valence-corrected chi connectivity index (χ2v) is 6.93. The molecule has 2 aromatic rings. The molecule has 8 heteroatoms. The van der Waals surface area contributed by atoms with Crippen molar-refractivity contribution in [1.82, 2.24) is 4.90 Å². The van der Waals surface area contributed by atoms with Crippen molar-refractivity contribution in [3.8, 4) is 0 Å². The molecule has 3 rings (SSSR count). The van der Waals surface area contributed by atoms with E-state index in [1.807, 2.05) is 4.90 Å². The van der Waals surface area contributed by atoms with Crippen molar-refractivity contribution in [2.24, 2.45) is 0 Å². The number of carbonyl (C=O) groups is 1. The van der Waals surface area contributed by atoms with Crippen LogP contribution in [0.4, 0.5) is 15.8 Å². The summed E-state index contributed by atoms with van der Waals surface area (Å²) in [5.41, 5.74) is 0.997. The van der Waals surface area contributed by atoms with Gasteiger partial charge in [0.1, 0.15) is 5.82 Å². The fourth-order valence-corrected chi connectivity index (χ4v) is 3.57. The van der Waals surface area contributed by atoms with Gasteiger partial charge in [0, 0.05) is 48.9 Å². The smallest absolute Gasteiger partial charge is 0.269 e. The molecule has 0 aromatic heterocycles. The number of non-ortho nitro benzene ring substituents is 1.